The van der Waals surface area contributed by atoms with Crippen LogP contribution in [0.25, 0.3) is 28.1 Å². The topological polar surface area (TPSA) is 21.7 Å². The van der Waals surface area contributed by atoms with E-state index in [1.807, 2.05) is 12.4 Å². The molecule has 0 saturated carbocycles. The Hall–Kier alpha value is -2.94. The number of rotatable bonds is 2. The van der Waals surface area contributed by atoms with Gasteiger partial charge in [-0.1, -0.05) is 30.3 Å². The third-order valence-corrected chi connectivity index (χ3v) is 4.96. The van der Waals surface area contributed by atoms with E-state index in [9.17, 15) is 0 Å². The highest BCUT2D eigenvalue weighted by Crippen LogP contribution is 2.30. The van der Waals surface area contributed by atoms with Crippen LogP contribution in [-0.4, -0.2) is 9.55 Å². The summed E-state index contributed by atoms with van der Waals surface area (Å²) in [4.78, 5) is 4.39. The molecule has 0 spiro atoms. The molecule has 0 bridgehead atoms. The number of imidazole rings is 1. The van der Waals surface area contributed by atoms with Crippen molar-refractivity contribution in [3.8, 4) is 17.1 Å². The van der Waals surface area contributed by atoms with E-state index in [1.165, 1.54) is 33.4 Å². The van der Waals surface area contributed by atoms with Gasteiger partial charge in [0.05, 0.1) is 12.6 Å². The zero-order chi connectivity index (χ0) is 17.6. The fourth-order valence-corrected chi connectivity index (χ4v) is 3.69. The number of fused-ring (bicyclic) bond motifs is 1. The van der Waals surface area contributed by atoms with Crippen LogP contribution in [-0.2, 0) is 7.05 Å². The van der Waals surface area contributed by atoms with Gasteiger partial charge in [-0.25, -0.2) is 4.57 Å². The zero-order valence-corrected chi connectivity index (χ0v) is 15.1. The normalized spacial score (nSPS) is 11.2. The van der Waals surface area contributed by atoms with E-state index in [0.29, 0.717) is 0 Å². The third-order valence-electron chi connectivity index (χ3n) is 4.96. The number of aryl methyl sites for hydroxylation is 4. The Morgan fingerprint density at radius 3 is 2.36 bits per heavy atom. The molecule has 0 amide bonds. The van der Waals surface area contributed by atoms with E-state index in [2.05, 4.69) is 90.5 Å². The molecule has 0 unspecified atom stereocenters. The molecule has 0 aliphatic carbocycles. The van der Waals surface area contributed by atoms with Crippen molar-refractivity contribution >= 4 is 11.0 Å². The smallest absolute Gasteiger partial charge is 0.264 e. The Morgan fingerprint density at radius 1 is 0.840 bits per heavy atom. The molecular weight excluding hydrogens is 306 g/mol. The van der Waals surface area contributed by atoms with E-state index in [0.717, 1.165) is 11.4 Å². The second-order valence-corrected chi connectivity index (χ2v) is 6.64. The lowest BCUT2D eigenvalue weighted by Crippen LogP contribution is -2.31. The van der Waals surface area contributed by atoms with Gasteiger partial charge in [-0.2, -0.15) is 4.57 Å². The number of pyridine rings is 1. The van der Waals surface area contributed by atoms with E-state index in [1.54, 1.807) is 0 Å². The van der Waals surface area contributed by atoms with Crippen LogP contribution in [0.4, 0.5) is 0 Å². The van der Waals surface area contributed by atoms with Crippen LogP contribution in [0, 0.1) is 20.8 Å². The molecule has 2 heterocycles. The molecule has 3 heteroatoms. The first-order chi connectivity index (χ1) is 12.1. The lowest BCUT2D eigenvalue weighted by molar-refractivity contribution is -0.634. The molecule has 4 rings (SSSR count). The SMILES string of the molecule is Cc1ccncc1-c1n(-c2ccccc2C)c2cccc(C)c2[n+]1C. The highest BCUT2D eigenvalue weighted by Gasteiger charge is 2.28. The first-order valence-corrected chi connectivity index (χ1v) is 8.56. The van der Waals surface area contributed by atoms with Gasteiger partial charge in [0, 0.05) is 18.0 Å². The van der Waals surface area contributed by atoms with Crippen molar-refractivity contribution in [1.82, 2.24) is 9.55 Å². The lowest BCUT2D eigenvalue weighted by atomic mass is 10.1. The Bertz CT molecular complexity index is 1090. The van der Waals surface area contributed by atoms with Gasteiger partial charge in [0.1, 0.15) is 5.69 Å². The summed E-state index contributed by atoms with van der Waals surface area (Å²) < 4.78 is 4.66. The number of nitrogens with zero attached hydrogens (tertiary/aromatic N) is 3. The second-order valence-electron chi connectivity index (χ2n) is 6.64. The number of para-hydroxylation sites is 2. The molecule has 124 valence electrons. The van der Waals surface area contributed by atoms with Crippen LogP contribution >= 0.6 is 0 Å². The van der Waals surface area contributed by atoms with Crippen molar-refractivity contribution in [2.45, 2.75) is 20.8 Å². The minimum absolute atomic E-state index is 1.16. The van der Waals surface area contributed by atoms with E-state index in [-0.39, 0.29) is 0 Å². The van der Waals surface area contributed by atoms with Crippen molar-refractivity contribution in [3.63, 3.8) is 0 Å². The summed E-state index contributed by atoms with van der Waals surface area (Å²) in [6.07, 6.45) is 3.82. The first-order valence-electron chi connectivity index (χ1n) is 8.56. The molecule has 4 aromatic rings. The predicted octanol–water partition coefficient (Wildman–Crippen LogP) is 4.44. The summed E-state index contributed by atoms with van der Waals surface area (Å²) in [5.74, 6) is 1.16. The molecule has 0 atom stereocenters. The molecule has 2 aromatic heterocycles. The Balaban J connectivity index is 2.21. The van der Waals surface area contributed by atoms with Crippen LogP contribution in [0.2, 0.25) is 0 Å². The van der Waals surface area contributed by atoms with Gasteiger partial charge < -0.3 is 0 Å². The average Bonchev–Trinajstić information content (AvgIpc) is 2.90. The third kappa shape index (κ3) is 2.35. The summed E-state index contributed by atoms with van der Waals surface area (Å²) in [7, 11) is 2.14. The van der Waals surface area contributed by atoms with Crippen molar-refractivity contribution in [2.75, 3.05) is 0 Å². The molecule has 3 nitrogen and oxygen atoms in total. The molecule has 0 saturated heterocycles. The van der Waals surface area contributed by atoms with Gasteiger partial charge in [-0.15, -0.1) is 0 Å². The quantitative estimate of drug-likeness (QED) is 0.499. The molecule has 0 radical (unpaired) electrons. The average molecular weight is 328 g/mol. The Kier molecular flexibility index (Phi) is 3.65. The maximum Gasteiger partial charge on any atom is 0.296 e. The summed E-state index contributed by atoms with van der Waals surface area (Å²) >= 11 is 0. The summed E-state index contributed by atoms with van der Waals surface area (Å²) in [5.41, 5.74) is 8.58. The zero-order valence-electron chi connectivity index (χ0n) is 15.1. The monoisotopic (exact) mass is 328 g/mol. The molecule has 25 heavy (non-hydrogen) atoms. The highest BCUT2D eigenvalue weighted by molar-refractivity contribution is 5.82. The molecule has 0 N–H and O–H groups in total. The van der Waals surface area contributed by atoms with Gasteiger partial charge in [-0.05, 0) is 50.1 Å². The minimum Gasteiger partial charge on any atom is -0.264 e. The molecule has 0 fully saturated rings. The number of aromatic nitrogens is 3. The standard InChI is InChI=1S/C22H22N3/c1-15-12-13-23-14-18(15)22-24(4)21-17(3)9-7-11-20(21)25(22)19-10-6-5-8-16(19)2/h5-14H,1-4H3/q+1. The van der Waals surface area contributed by atoms with Crippen molar-refractivity contribution in [3.05, 3.63) is 77.6 Å². The van der Waals surface area contributed by atoms with Crippen molar-refractivity contribution in [2.24, 2.45) is 7.05 Å². The van der Waals surface area contributed by atoms with Crippen LogP contribution < -0.4 is 4.57 Å². The van der Waals surface area contributed by atoms with Gasteiger partial charge in [0.15, 0.2) is 11.0 Å². The summed E-state index contributed by atoms with van der Waals surface area (Å²) in [5, 5.41) is 0. The fourth-order valence-electron chi connectivity index (χ4n) is 3.69. The van der Waals surface area contributed by atoms with Gasteiger partial charge in [-0.3, -0.25) is 4.98 Å². The van der Waals surface area contributed by atoms with Gasteiger partial charge >= 0.3 is 0 Å². The maximum atomic E-state index is 4.39. The molecule has 0 aliphatic heterocycles. The summed E-state index contributed by atoms with van der Waals surface area (Å²) in [6, 6.07) is 17.1. The minimum atomic E-state index is 1.16. The van der Waals surface area contributed by atoms with Crippen LogP contribution in [0.1, 0.15) is 16.7 Å². The first kappa shape index (κ1) is 15.6. The molecule has 2 aromatic carbocycles. The molecular formula is C22H22N3+. The Labute approximate surface area is 148 Å². The Morgan fingerprint density at radius 2 is 1.60 bits per heavy atom. The summed E-state index contributed by atoms with van der Waals surface area (Å²) in [6.45, 7) is 6.48. The van der Waals surface area contributed by atoms with E-state index in [4.69, 9.17) is 0 Å². The van der Waals surface area contributed by atoms with Gasteiger partial charge in [0.2, 0.25) is 0 Å². The molecule has 0 aliphatic rings. The number of hydrogen-bond donors (Lipinski definition) is 0. The van der Waals surface area contributed by atoms with Crippen LogP contribution in [0.3, 0.4) is 0 Å². The fraction of sp³-hybridized carbons (Fsp3) is 0.182. The number of benzene rings is 2. The van der Waals surface area contributed by atoms with Crippen molar-refractivity contribution < 1.29 is 4.57 Å². The maximum absolute atomic E-state index is 4.39. The largest absolute Gasteiger partial charge is 0.296 e. The van der Waals surface area contributed by atoms with E-state index >= 15 is 0 Å². The van der Waals surface area contributed by atoms with Crippen LogP contribution in [0.15, 0.2) is 60.9 Å². The second kappa shape index (κ2) is 5.85. The van der Waals surface area contributed by atoms with Crippen molar-refractivity contribution in [1.29, 1.82) is 0 Å². The van der Waals surface area contributed by atoms with Gasteiger partial charge in [0.25, 0.3) is 5.82 Å². The lowest BCUT2D eigenvalue weighted by Gasteiger charge is -2.07. The highest BCUT2D eigenvalue weighted by atomic mass is 15.2. The number of hydrogen-bond acceptors (Lipinski definition) is 1. The predicted molar refractivity (Wildman–Crippen MR) is 102 cm³/mol. The van der Waals surface area contributed by atoms with Crippen LogP contribution in [0.5, 0.6) is 0 Å². The van der Waals surface area contributed by atoms with E-state index < -0.39 is 0 Å².